The molecule has 0 spiro atoms. The Morgan fingerprint density at radius 2 is 1.64 bits per heavy atom. The minimum Gasteiger partial charge on any atom is -0.433 e. The molecule has 0 fully saturated rings. The highest BCUT2D eigenvalue weighted by Crippen LogP contribution is 2.34. The van der Waals surface area contributed by atoms with E-state index < -0.39 is 6.16 Å². The first-order valence-electron chi connectivity index (χ1n) is 7.85. The first-order chi connectivity index (χ1) is 10.2. The van der Waals surface area contributed by atoms with Gasteiger partial charge in [-0.25, -0.2) is 4.79 Å². The monoisotopic (exact) mass is 307 g/mol. The van der Waals surface area contributed by atoms with E-state index in [2.05, 4.69) is 27.7 Å². The van der Waals surface area contributed by atoms with Crippen molar-refractivity contribution in [2.75, 3.05) is 13.2 Å². The number of rotatable bonds is 6. The molecule has 0 bridgehead atoms. The summed E-state index contributed by atoms with van der Waals surface area (Å²) in [5, 5.41) is 0. The van der Waals surface area contributed by atoms with Crippen LogP contribution in [0.15, 0.2) is 18.2 Å². The van der Waals surface area contributed by atoms with Gasteiger partial charge in [0, 0.05) is 12.0 Å². The molecule has 0 radical (unpaired) electrons. The first kappa shape index (κ1) is 18.5. The molecular weight excluding hydrogens is 278 g/mol. The molecule has 0 amide bonds. The number of hydrogen-bond donors (Lipinski definition) is 1. The lowest BCUT2D eigenvalue weighted by Crippen LogP contribution is -2.31. The minimum atomic E-state index is -0.670. The Balaban J connectivity index is 2.94. The summed E-state index contributed by atoms with van der Waals surface area (Å²) in [6, 6.07) is 5.98. The van der Waals surface area contributed by atoms with E-state index in [1.54, 1.807) is 0 Å². The Hall–Kier alpha value is -1.55. The molecule has 0 saturated heterocycles. The van der Waals surface area contributed by atoms with Crippen LogP contribution >= 0.6 is 0 Å². The summed E-state index contributed by atoms with van der Waals surface area (Å²) in [4.78, 5) is 12.0. The maximum Gasteiger partial charge on any atom is 0.513 e. The fourth-order valence-corrected chi connectivity index (χ4v) is 2.03. The molecule has 22 heavy (non-hydrogen) atoms. The zero-order valence-electron chi connectivity index (χ0n) is 14.6. The van der Waals surface area contributed by atoms with E-state index >= 15 is 0 Å². The number of nitrogens with two attached hydrogens (primary N) is 1. The topological polar surface area (TPSA) is 61.5 Å². The highest BCUT2D eigenvalue weighted by molar-refractivity contribution is 5.66. The molecule has 4 nitrogen and oxygen atoms in total. The molecule has 1 aromatic rings. The zero-order valence-corrected chi connectivity index (χ0v) is 14.6. The quantitative estimate of drug-likeness (QED) is 0.623. The molecule has 0 aliphatic carbocycles. The molecule has 0 atom stereocenters. The highest BCUT2D eigenvalue weighted by Gasteiger charge is 2.22. The van der Waals surface area contributed by atoms with Crippen LogP contribution in [0.3, 0.4) is 0 Å². The maximum absolute atomic E-state index is 12.0. The van der Waals surface area contributed by atoms with Crippen molar-refractivity contribution in [3.63, 3.8) is 0 Å². The van der Waals surface area contributed by atoms with E-state index in [1.165, 1.54) is 0 Å². The van der Waals surface area contributed by atoms with Gasteiger partial charge in [0.1, 0.15) is 12.4 Å². The molecule has 0 unspecified atom stereocenters. The number of carbonyl (C=O) groups is 1. The van der Waals surface area contributed by atoms with Crippen LogP contribution < -0.4 is 10.5 Å². The number of benzene rings is 1. The largest absolute Gasteiger partial charge is 0.513 e. The van der Waals surface area contributed by atoms with Crippen molar-refractivity contribution < 1.29 is 14.3 Å². The molecule has 0 heterocycles. The van der Waals surface area contributed by atoms with E-state index in [9.17, 15) is 4.79 Å². The SMILES string of the molecule is CC(C)c1cccc(C(C)C)c1OC(=O)OCC(C)(C)CN. The second-order valence-electron chi connectivity index (χ2n) is 7.08. The van der Waals surface area contributed by atoms with E-state index in [0.717, 1.165) is 11.1 Å². The lowest BCUT2D eigenvalue weighted by molar-refractivity contribution is 0.0650. The van der Waals surface area contributed by atoms with Crippen molar-refractivity contribution in [3.05, 3.63) is 29.3 Å². The zero-order chi connectivity index (χ0) is 16.9. The van der Waals surface area contributed by atoms with E-state index in [1.807, 2.05) is 32.0 Å². The summed E-state index contributed by atoms with van der Waals surface area (Å²) in [5.41, 5.74) is 7.42. The van der Waals surface area contributed by atoms with Crippen LogP contribution in [0, 0.1) is 5.41 Å². The van der Waals surface area contributed by atoms with Gasteiger partial charge in [-0.05, 0) is 23.0 Å². The third-order valence-corrected chi connectivity index (χ3v) is 3.64. The van der Waals surface area contributed by atoms with Gasteiger partial charge in [-0.2, -0.15) is 0 Å². The summed E-state index contributed by atoms with van der Waals surface area (Å²) in [7, 11) is 0. The second kappa shape index (κ2) is 7.63. The normalized spacial score (nSPS) is 11.9. The summed E-state index contributed by atoms with van der Waals surface area (Å²) in [5.74, 6) is 1.16. The molecule has 0 aromatic heterocycles. The Morgan fingerprint density at radius 1 is 1.14 bits per heavy atom. The predicted molar refractivity (Wildman–Crippen MR) is 89.4 cm³/mol. The maximum atomic E-state index is 12.0. The van der Waals surface area contributed by atoms with Crippen molar-refractivity contribution in [2.24, 2.45) is 11.1 Å². The van der Waals surface area contributed by atoms with Gasteiger partial charge >= 0.3 is 6.16 Å². The van der Waals surface area contributed by atoms with Crippen LogP contribution in [0.4, 0.5) is 4.79 Å². The average molecular weight is 307 g/mol. The lowest BCUT2D eigenvalue weighted by Gasteiger charge is -2.22. The minimum absolute atomic E-state index is 0.239. The fourth-order valence-electron chi connectivity index (χ4n) is 2.03. The lowest BCUT2D eigenvalue weighted by atomic mass is 9.94. The summed E-state index contributed by atoms with van der Waals surface area (Å²) < 4.78 is 10.8. The van der Waals surface area contributed by atoms with Gasteiger partial charge in [-0.1, -0.05) is 59.7 Å². The molecule has 1 aromatic carbocycles. The highest BCUT2D eigenvalue weighted by atomic mass is 16.7. The fraction of sp³-hybridized carbons (Fsp3) is 0.611. The molecule has 4 heteroatoms. The van der Waals surface area contributed by atoms with Gasteiger partial charge in [0.25, 0.3) is 0 Å². The van der Waals surface area contributed by atoms with Gasteiger partial charge in [0.2, 0.25) is 0 Å². The van der Waals surface area contributed by atoms with Crippen LogP contribution in [0.5, 0.6) is 5.75 Å². The predicted octanol–water partition coefficient (Wildman–Crippen LogP) is 4.43. The summed E-state index contributed by atoms with van der Waals surface area (Å²) in [6.07, 6.45) is -0.670. The van der Waals surface area contributed by atoms with Crippen LogP contribution in [-0.4, -0.2) is 19.3 Å². The van der Waals surface area contributed by atoms with Gasteiger partial charge in [0.15, 0.2) is 0 Å². The number of carbonyl (C=O) groups excluding carboxylic acids is 1. The van der Waals surface area contributed by atoms with Gasteiger partial charge in [-0.15, -0.1) is 0 Å². The Bertz CT molecular complexity index is 481. The van der Waals surface area contributed by atoms with E-state index in [4.69, 9.17) is 15.2 Å². The van der Waals surface area contributed by atoms with Crippen LogP contribution in [-0.2, 0) is 4.74 Å². The molecule has 1 rings (SSSR count). The molecule has 0 aliphatic rings. The number of hydrogen-bond acceptors (Lipinski definition) is 4. The van der Waals surface area contributed by atoms with Crippen molar-refractivity contribution in [1.82, 2.24) is 0 Å². The van der Waals surface area contributed by atoms with Crippen molar-refractivity contribution in [3.8, 4) is 5.75 Å². The Labute approximate surface area is 134 Å². The Morgan fingerprint density at radius 3 is 2.05 bits per heavy atom. The van der Waals surface area contributed by atoms with Gasteiger partial charge in [0.05, 0.1) is 0 Å². The van der Waals surface area contributed by atoms with E-state index in [-0.39, 0.29) is 23.9 Å². The average Bonchev–Trinajstić information content (AvgIpc) is 2.45. The third kappa shape index (κ3) is 5.02. The number of ether oxygens (including phenoxy) is 2. The summed E-state index contributed by atoms with van der Waals surface area (Å²) >= 11 is 0. The second-order valence-corrected chi connectivity index (χ2v) is 7.08. The first-order valence-corrected chi connectivity index (χ1v) is 7.85. The van der Waals surface area contributed by atoms with Crippen LogP contribution in [0.2, 0.25) is 0 Å². The smallest absolute Gasteiger partial charge is 0.433 e. The molecule has 124 valence electrons. The van der Waals surface area contributed by atoms with Crippen molar-refractivity contribution in [1.29, 1.82) is 0 Å². The molecule has 0 saturated carbocycles. The van der Waals surface area contributed by atoms with Gasteiger partial charge in [-0.3, -0.25) is 0 Å². The number of para-hydroxylation sites is 1. The van der Waals surface area contributed by atoms with Crippen LogP contribution in [0.25, 0.3) is 0 Å². The Kier molecular flexibility index (Phi) is 6.42. The molecule has 0 aliphatic heterocycles. The molecular formula is C18H29NO3. The van der Waals surface area contributed by atoms with E-state index in [0.29, 0.717) is 12.3 Å². The van der Waals surface area contributed by atoms with Crippen LogP contribution in [0.1, 0.15) is 64.5 Å². The molecule has 2 N–H and O–H groups in total. The van der Waals surface area contributed by atoms with Crippen molar-refractivity contribution >= 4 is 6.16 Å². The standard InChI is InChI=1S/C18H29NO3/c1-12(2)14-8-7-9-15(13(3)4)16(14)22-17(20)21-11-18(5,6)10-19/h7-9,12-13H,10-11,19H2,1-6H3. The van der Waals surface area contributed by atoms with Gasteiger partial charge < -0.3 is 15.2 Å². The third-order valence-electron chi connectivity index (χ3n) is 3.64. The summed E-state index contributed by atoms with van der Waals surface area (Å²) in [6.45, 7) is 12.9. The van der Waals surface area contributed by atoms with Crippen molar-refractivity contribution in [2.45, 2.75) is 53.4 Å².